The summed E-state index contributed by atoms with van der Waals surface area (Å²) in [6.45, 7) is 0. The first-order valence-corrected chi connectivity index (χ1v) is 5.54. The summed E-state index contributed by atoms with van der Waals surface area (Å²) in [5, 5.41) is 11.5. The molecule has 6 nitrogen and oxygen atoms in total. The molecule has 0 aliphatic rings. The maximum atomic E-state index is 11.8. The number of carbonyl (C=O) groups is 2. The Morgan fingerprint density at radius 1 is 1.26 bits per heavy atom. The molecule has 0 aliphatic heterocycles. The van der Waals surface area contributed by atoms with E-state index in [1.807, 2.05) is 0 Å². The van der Waals surface area contributed by atoms with Crippen molar-refractivity contribution in [3.63, 3.8) is 0 Å². The number of aromatic carboxylic acids is 1. The predicted octanol–water partition coefficient (Wildman–Crippen LogP) is 2.47. The minimum Gasteiger partial charge on any atom is -0.478 e. The summed E-state index contributed by atoms with van der Waals surface area (Å²) < 4.78 is 4.94. The quantitative estimate of drug-likeness (QED) is 0.801. The number of rotatable bonds is 3. The fourth-order valence-corrected chi connectivity index (χ4v) is 1.63. The average molecular weight is 281 g/mol. The van der Waals surface area contributed by atoms with E-state index < -0.39 is 11.9 Å². The Morgan fingerprint density at radius 2 is 2.00 bits per heavy atom. The lowest BCUT2D eigenvalue weighted by molar-refractivity contribution is 0.0696. The minimum atomic E-state index is -1.18. The van der Waals surface area contributed by atoms with Gasteiger partial charge in [-0.2, -0.15) is 0 Å². The van der Waals surface area contributed by atoms with Crippen LogP contribution < -0.4 is 11.1 Å². The van der Waals surface area contributed by atoms with Gasteiger partial charge in [-0.3, -0.25) is 4.79 Å². The molecular weight excluding hydrogens is 272 g/mol. The van der Waals surface area contributed by atoms with Crippen LogP contribution in [0.4, 0.5) is 11.6 Å². The van der Waals surface area contributed by atoms with Crippen LogP contribution in [0.1, 0.15) is 20.9 Å². The third kappa shape index (κ3) is 2.86. The number of anilines is 2. The Bertz CT molecular complexity index is 651. The van der Waals surface area contributed by atoms with E-state index in [0.717, 1.165) is 0 Å². The van der Waals surface area contributed by atoms with Gasteiger partial charge < -0.3 is 20.6 Å². The van der Waals surface area contributed by atoms with Gasteiger partial charge in [-0.15, -0.1) is 0 Å². The molecule has 19 heavy (non-hydrogen) atoms. The third-order valence-electron chi connectivity index (χ3n) is 2.31. The number of carboxylic acid groups (broad SMARTS) is 1. The molecule has 0 bridgehead atoms. The molecule has 0 aliphatic carbocycles. The van der Waals surface area contributed by atoms with Gasteiger partial charge in [-0.05, 0) is 24.3 Å². The van der Waals surface area contributed by atoms with Crippen molar-refractivity contribution in [2.45, 2.75) is 0 Å². The number of nitrogen functional groups attached to an aromatic ring is 1. The summed E-state index contributed by atoms with van der Waals surface area (Å²) in [5.41, 5.74) is 5.55. The molecule has 98 valence electrons. The van der Waals surface area contributed by atoms with E-state index in [1.54, 1.807) is 0 Å². The van der Waals surface area contributed by atoms with Crippen molar-refractivity contribution in [1.82, 2.24) is 0 Å². The van der Waals surface area contributed by atoms with E-state index in [-0.39, 0.29) is 22.2 Å². The van der Waals surface area contributed by atoms with E-state index in [0.29, 0.717) is 5.69 Å². The van der Waals surface area contributed by atoms with Crippen molar-refractivity contribution in [2.75, 3.05) is 11.1 Å². The van der Waals surface area contributed by atoms with Gasteiger partial charge in [0.2, 0.25) is 0 Å². The predicted molar refractivity (Wildman–Crippen MR) is 69.5 cm³/mol. The number of hydrogen-bond acceptors (Lipinski definition) is 4. The molecule has 0 saturated carbocycles. The molecule has 1 aromatic carbocycles. The van der Waals surface area contributed by atoms with Gasteiger partial charge in [0.25, 0.3) is 5.91 Å². The fourth-order valence-electron chi connectivity index (χ4n) is 1.43. The van der Waals surface area contributed by atoms with Gasteiger partial charge >= 0.3 is 5.97 Å². The van der Waals surface area contributed by atoms with Crippen molar-refractivity contribution >= 4 is 35.0 Å². The molecule has 1 aromatic heterocycles. The second-order valence-electron chi connectivity index (χ2n) is 3.66. The number of furan rings is 1. The van der Waals surface area contributed by atoms with Gasteiger partial charge in [-0.25, -0.2) is 4.79 Å². The van der Waals surface area contributed by atoms with Crippen molar-refractivity contribution in [2.24, 2.45) is 0 Å². The van der Waals surface area contributed by atoms with Crippen LogP contribution in [-0.4, -0.2) is 17.0 Å². The molecule has 7 heteroatoms. The first kappa shape index (κ1) is 13.0. The maximum absolute atomic E-state index is 11.8. The fraction of sp³-hybridized carbons (Fsp3) is 0. The van der Waals surface area contributed by atoms with Crippen molar-refractivity contribution in [1.29, 1.82) is 0 Å². The van der Waals surface area contributed by atoms with Crippen LogP contribution in [0.15, 0.2) is 34.7 Å². The van der Waals surface area contributed by atoms with Crippen molar-refractivity contribution < 1.29 is 19.1 Å². The highest BCUT2D eigenvalue weighted by Crippen LogP contribution is 2.21. The molecule has 0 spiro atoms. The molecule has 0 radical (unpaired) electrons. The molecule has 0 unspecified atom stereocenters. The number of benzene rings is 1. The SMILES string of the molecule is Nc1ccc(C(=O)Nc2ccc(Cl)c(C(=O)O)c2)o1. The maximum Gasteiger partial charge on any atom is 0.337 e. The zero-order chi connectivity index (χ0) is 14.0. The molecule has 1 amide bonds. The number of carbonyl (C=O) groups excluding carboxylic acids is 1. The summed E-state index contributed by atoms with van der Waals surface area (Å²) in [4.78, 5) is 22.7. The van der Waals surface area contributed by atoms with E-state index in [2.05, 4.69) is 5.32 Å². The van der Waals surface area contributed by atoms with E-state index in [9.17, 15) is 9.59 Å². The van der Waals surface area contributed by atoms with Gasteiger partial charge in [0, 0.05) is 11.8 Å². The van der Waals surface area contributed by atoms with Crippen molar-refractivity contribution in [3.05, 3.63) is 46.7 Å². The molecule has 0 saturated heterocycles. The van der Waals surface area contributed by atoms with E-state index >= 15 is 0 Å². The van der Waals surface area contributed by atoms with Crippen LogP contribution in [0.5, 0.6) is 0 Å². The first-order chi connectivity index (χ1) is 8.97. The Morgan fingerprint density at radius 3 is 2.58 bits per heavy atom. The van der Waals surface area contributed by atoms with Gasteiger partial charge in [0.15, 0.2) is 11.6 Å². The molecule has 1 heterocycles. The van der Waals surface area contributed by atoms with Crippen LogP contribution in [-0.2, 0) is 0 Å². The van der Waals surface area contributed by atoms with E-state index in [1.165, 1.54) is 30.3 Å². The van der Waals surface area contributed by atoms with Crippen LogP contribution in [0, 0.1) is 0 Å². The Labute approximate surface area is 112 Å². The largest absolute Gasteiger partial charge is 0.478 e. The zero-order valence-electron chi connectivity index (χ0n) is 9.51. The lowest BCUT2D eigenvalue weighted by atomic mass is 10.2. The van der Waals surface area contributed by atoms with Crippen LogP contribution in [0.3, 0.4) is 0 Å². The van der Waals surface area contributed by atoms with Gasteiger partial charge in [-0.1, -0.05) is 11.6 Å². The highest BCUT2D eigenvalue weighted by molar-refractivity contribution is 6.33. The summed E-state index contributed by atoms with van der Waals surface area (Å²) >= 11 is 5.72. The molecular formula is C12H9ClN2O4. The van der Waals surface area contributed by atoms with Crippen LogP contribution in [0.25, 0.3) is 0 Å². The Kier molecular flexibility index (Phi) is 3.43. The monoisotopic (exact) mass is 280 g/mol. The second-order valence-corrected chi connectivity index (χ2v) is 4.06. The average Bonchev–Trinajstić information content (AvgIpc) is 2.78. The number of carboxylic acids is 1. The molecule has 0 fully saturated rings. The lowest BCUT2D eigenvalue weighted by Crippen LogP contribution is -2.11. The van der Waals surface area contributed by atoms with Crippen LogP contribution in [0.2, 0.25) is 5.02 Å². The number of hydrogen-bond donors (Lipinski definition) is 3. The third-order valence-corrected chi connectivity index (χ3v) is 2.63. The number of nitrogens with one attached hydrogen (secondary N) is 1. The highest BCUT2D eigenvalue weighted by atomic mass is 35.5. The lowest BCUT2D eigenvalue weighted by Gasteiger charge is -2.05. The molecule has 2 rings (SSSR count). The standard InChI is InChI=1S/C12H9ClN2O4/c13-8-2-1-6(5-7(8)12(17)18)15-11(16)9-3-4-10(14)19-9/h1-5H,14H2,(H,15,16)(H,17,18). The highest BCUT2D eigenvalue weighted by Gasteiger charge is 2.13. The topological polar surface area (TPSA) is 106 Å². The Hall–Kier alpha value is -2.47. The number of nitrogens with two attached hydrogens (primary N) is 1. The normalized spacial score (nSPS) is 10.2. The summed E-state index contributed by atoms with van der Waals surface area (Å²) in [7, 11) is 0. The van der Waals surface area contributed by atoms with Gasteiger partial charge in [0.1, 0.15) is 0 Å². The summed E-state index contributed by atoms with van der Waals surface area (Å²) in [6.07, 6.45) is 0. The minimum absolute atomic E-state index is 0.0318. The van der Waals surface area contributed by atoms with E-state index in [4.69, 9.17) is 26.9 Å². The number of halogens is 1. The second kappa shape index (κ2) is 5.03. The zero-order valence-corrected chi connectivity index (χ0v) is 10.3. The summed E-state index contributed by atoms with van der Waals surface area (Å²) in [5.74, 6) is -1.56. The summed E-state index contributed by atoms with van der Waals surface area (Å²) in [6, 6.07) is 6.99. The first-order valence-electron chi connectivity index (χ1n) is 5.17. The Balaban J connectivity index is 2.22. The van der Waals surface area contributed by atoms with Crippen molar-refractivity contribution in [3.8, 4) is 0 Å². The van der Waals surface area contributed by atoms with Crippen LogP contribution >= 0.6 is 11.6 Å². The molecule has 0 atom stereocenters. The number of amides is 1. The molecule has 2 aromatic rings. The molecule has 4 N–H and O–H groups in total. The van der Waals surface area contributed by atoms with Gasteiger partial charge in [0.05, 0.1) is 10.6 Å². The smallest absolute Gasteiger partial charge is 0.337 e.